The number of amides is 1. The molecule has 1 aliphatic rings. The summed E-state index contributed by atoms with van der Waals surface area (Å²) in [6.07, 6.45) is 3.68. The van der Waals surface area contributed by atoms with Gasteiger partial charge in [0.05, 0.1) is 5.69 Å². The van der Waals surface area contributed by atoms with E-state index in [0.29, 0.717) is 5.92 Å². The van der Waals surface area contributed by atoms with Crippen molar-refractivity contribution in [3.05, 3.63) is 24.4 Å². The number of nitrogens with zero attached hydrogens (tertiary/aromatic N) is 2. The van der Waals surface area contributed by atoms with E-state index >= 15 is 0 Å². The maximum absolute atomic E-state index is 11.1. The molecule has 1 amide bonds. The molecule has 1 aromatic heterocycles. The Balaban J connectivity index is 2.16. The maximum Gasteiger partial charge on any atom is 0.248 e. The summed E-state index contributed by atoms with van der Waals surface area (Å²) in [5.74, 6) is 1.14. The van der Waals surface area contributed by atoms with E-state index in [9.17, 15) is 4.79 Å². The van der Waals surface area contributed by atoms with E-state index in [0.717, 1.165) is 11.5 Å². The quantitative estimate of drug-likeness (QED) is 0.734. The fraction of sp³-hybridized carbons (Fsp3) is 0.400. The highest BCUT2D eigenvalue weighted by Crippen LogP contribution is 2.39. The largest absolute Gasteiger partial charge is 0.307 e. The predicted molar refractivity (Wildman–Crippen MR) is 54.0 cm³/mol. The van der Waals surface area contributed by atoms with Gasteiger partial charge in [0, 0.05) is 19.0 Å². The highest BCUT2D eigenvalue weighted by molar-refractivity contribution is 5.98. The monoisotopic (exact) mass is 191 g/mol. The van der Waals surface area contributed by atoms with Gasteiger partial charge in [0.1, 0.15) is 5.82 Å². The van der Waals surface area contributed by atoms with Gasteiger partial charge in [-0.3, -0.25) is 9.48 Å². The normalized spacial score (nSPS) is 15.2. The molecule has 0 spiro atoms. The van der Waals surface area contributed by atoms with Gasteiger partial charge in [0.15, 0.2) is 0 Å². The van der Waals surface area contributed by atoms with E-state index in [1.165, 1.54) is 18.9 Å². The Bertz CT molecular complexity index is 377. The molecule has 14 heavy (non-hydrogen) atoms. The maximum atomic E-state index is 11.1. The van der Waals surface area contributed by atoms with Crippen molar-refractivity contribution >= 4 is 11.7 Å². The van der Waals surface area contributed by atoms with Crippen LogP contribution in [0.2, 0.25) is 0 Å². The van der Waals surface area contributed by atoms with Crippen LogP contribution < -0.4 is 5.32 Å². The van der Waals surface area contributed by atoms with Crippen molar-refractivity contribution < 1.29 is 4.79 Å². The van der Waals surface area contributed by atoms with Gasteiger partial charge in [0.25, 0.3) is 0 Å². The molecule has 0 aliphatic heterocycles. The Labute approximate surface area is 82.6 Å². The minimum Gasteiger partial charge on any atom is -0.307 e. The first-order valence-corrected chi connectivity index (χ1v) is 4.68. The van der Waals surface area contributed by atoms with Crippen molar-refractivity contribution in [1.82, 2.24) is 9.78 Å². The molecule has 0 bridgehead atoms. The van der Waals surface area contributed by atoms with Gasteiger partial charge >= 0.3 is 0 Å². The molecule has 1 heterocycles. The van der Waals surface area contributed by atoms with Crippen molar-refractivity contribution in [2.24, 2.45) is 7.05 Å². The summed E-state index contributed by atoms with van der Waals surface area (Å²) in [7, 11) is 1.82. The lowest BCUT2D eigenvalue weighted by atomic mass is 10.3. The number of carbonyl (C=O) groups is 1. The molecule has 0 atom stereocenters. The van der Waals surface area contributed by atoms with Gasteiger partial charge in [-0.1, -0.05) is 6.58 Å². The number of aromatic nitrogens is 2. The van der Waals surface area contributed by atoms with Crippen molar-refractivity contribution in [2.45, 2.75) is 18.8 Å². The summed E-state index contributed by atoms with van der Waals surface area (Å²) in [4.78, 5) is 11.1. The van der Waals surface area contributed by atoms with E-state index in [2.05, 4.69) is 17.0 Å². The van der Waals surface area contributed by atoms with E-state index in [-0.39, 0.29) is 5.91 Å². The van der Waals surface area contributed by atoms with Crippen LogP contribution in [0.5, 0.6) is 0 Å². The molecular weight excluding hydrogens is 178 g/mol. The molecule has 0 saturated heterocycles. The first-order valence-electron chi connectivity index (χ1n) is 4.68. The molecule has 0 unspecified atom stereocenters. The Kier molecular flexibility index (Phi) is 2.11. The zero-order chi connectivity index (χ0) is 10.1. The van der Waals surface area contributed by atoms with Crippen molar-refractivity contribution in [3.63, 3.8) is 0 Å². The minimum atomic E-state index is -0.199. The van der Waals surface area contributed by atoms with E-state index in [1.54, 1.807) is 4.68 Å². The fourth-order valence-corrected chi connectivity index (χ4v) is 1.36. The van der Waals surface area contributed by atoms with Crippen LogP contribution in [-0.4, -0.2) is 15.7 Å². The molecular formula is C10H13N3O. The molecule has 0 aromatic carbocycles. The number of rotatable bonds is 3. The molecule has 0 radical (unpaired) electrons. The van der Waals surface area contributed by atoms with Gasteiger partial charge in [-0.25, -0.2) is 0 Å². The van der Waals surface area contributed by atoms with Gasteiger partial charge < -0.3 is 5.32 Å². The molecule has 74 valence electrons. The minimum absolute atomic E-state index is 0.199. The van der Waals surface area contributed by atoms with E-state index in [1.807, 2.05) is 13.1 Å². The number of nitrogens with one attached hydrogen (secondary N) is 1. The lowest BCUT2D eigenvalue weighted by Gasteiger charge is -1.99. The van der Waals surface area contributed by atoms with Gasteiger partial charge in [0.2, 0.25) is 5.91 Å². The smallest absolute Gasteiger partial charge is 0.248 e. The predicted octanol–water partition coefficient (Wildman–Crippen LogP) is 1.42. The first kappa shape index (κ1) is 8.99. The Morgan fingerprint density at radius 2 is 2.50 bits per heavy atom. The average molecular weight is 191 g/mol. The highest BCUT2D eigenvalue weighted by atomic mass is 16.1. The second kappa shape index (κ2) is 3.29. The third-order valence-corrected chi connectivity index (χ3v) is 2.33. The summed E-state index contributed by atoms with van der Waals surface area (Å²) >= 11 is 0. The van der Waals surface area contributed by atoms with Crippen LogP contribution in [0.15, 0.2) is 18.7 Å². The zero-order valence-electron chi connectivity index (χ0n) is 8.16. The van der Waals surface area contributed by atoms with Crippen molar-refractivity contribution in [1.29, 1.82) is 0 Å². The van der Waals surface area contributed by atoms with Gasteiger partial charge in [-0.2, -0.15) is 5.10 Å². The van der Waals surface area contributed by atoms with E-state index in [4.69, 9.17) is 0 Å². The molecule has 1 saturated carbocycles. The Hall–Kier alpha value is -1.58. The molecule has 1 aromatic rings. The molecule has 4 heteroatoms. The number of aryl methyl sites for hydroxylation is 1. The number of carbonyl (C=O) groups excluding carboxylic acids is 1. The third kappa shape index (κ3) is 1.69. The lowest BCUT2D eigenvalue weighted by Crippen LogP contribution is -2.10. The second-order valence-corrected chi connectivity index (χ2v) is 3.55. The summed E-state index contributed by atoms with van der Waals surface area (Å²) in [5, 5.41) is 7.03. The van der Waals surface area contributed by atoms with Crippen LogP contribution in [0.3, 0.4) is 0 Å². The topological polar surface area (TPSA) is 46.9 Å². The number of hydrogen-bond donors (Lipinski definition) is 1. The van der Waals surface area contributed by atoms with Gasteiger partial charge in [-0.15, -0.1) is 0 Å². The highest BCUT2D eigenvalue weighted by Gasteiger charge is 2.26. The van der Waals surface area contributed by atoms with E-state index < -0.39 is 0 Å². The van der Waals surface area contributed by atoms with Crippen LogP contribution in [0, 0.1) is 0 Å². The standard InChI is InChI=1S/C10H13N3O/c1-3-10(14)11-9-6-8(7-4-5-7)12-13(9)2/h3,6-7H,1,4-5H2,2H3,(H,11,14). The Morgan fingerprint density at radius 3 is 3.07 bits per heavy atom. The molecule has 1 N–H and O–H groups in total. The number of anilines is 1. The van der Waals surface area contributed by atoms with Crippen LogP contribution in [0.4, 0.5) is 5.82 Å². The van der Waals surface area contributed by atoms with Crippen molar-refractivity contribution in [3.8, 4) is 0 Å². The number of hydrogen-bond acceptors (Lipinski definition) is 2. The Morgan fingerprint density at radius 1 is 1.79 bits per heavy atom. The zero-order valence-corrected chi connectivity index (χ0v) is 8.16. The molecule has 4 nitrogen and oxygen atoms in total. The second-order valence-electron chi connectivity index (χ2n) is 3.55. The summed E-state index contributed by atoms with van der Waals surface area (Å²) in [5.41, 5.74) is 1.08. The molecule has 1 fully saturated rings. The molecule has 2 rings (SSSR count). The van der Waals surface area contributed by atoms with Crippen LogP contribution >= 0.6 is 0 Å². The average Bonchev–Trinajstić information content (AvgIpc) is 2.94. The summed E-state index contributed by atoms with van der Waals surface area (Å²) in [6.45, 7) is 3.40. The summed E-state index contributed by atoms with van der Waals surface area (Å²) in [6, 6.07) is 1.93. The van der Waals surface area contributed by atoms with Crippen LogP contribution in [0.1, 0.15) is 24.5 Å². The van der Waals surface area contributed by atoms with Crippen molar-refractivity contribution in [2.75, 3.05) is 5.32 Å². The third-order valence-electron chi connectivity index (χ3n) is 2.33. The SMILES string of the molecule is C=CC(=O)Nc1cc(C2CC2)nn1C. The fourth-order valence-electron chi connectivity index (χ4n) is 1.36. The lowest BCUT2D eigenvalue weighted by molar-refractivity contribution is -0.111. The van der Waals surface area contributed by atoms with Gasteiger partial charge in [-0.05, 0) is 18.9 Å². The first-order chi connectivity index (χ1) is 6.70. The summed E-state index contributed by atoms with van der Waals surface area (Å²) < 4.78 is 1.69. The van der Waals surface area contributed by atoms with Crippen LogP contribution in [-0.2, 0) is 11.8 Å². The molecule has 1 aliphatic carbocycles. The van der Waals surface area contributed by atoms with Crippen LogP contribution in [0.25, 0.3) is 0 Å².